The Morgan fingerprint density at radius 3 is 2.59 bits per heavy atom. The van der Waals surface area contributed by atoms with Crippen molar-refractivity contribution in [3.8, 4) is 0 Å². The van der Waals surface area contributed by atoms with Gasteiger partial charge in [0.1, 0.15) is 0 Å². The van der Waals surface area contributed by atoms with Crippen molar-refractivity contribution in [2.24, 2.45) is 0 Å². The molecule has 0 aliphatic heterocycles. The molecule has 0 aliphatic carbocycles. The van der Waals surface area contributed by atoms with Gasteiger partial charge in [-0.1, -0.05) is 23.7 Å². The van der Waals surface area contributed by atoms with Gasteiger partial charge in [0.2, 0.25) is 0 Å². The predicted octanol–water partition coefficient (Wildman–Crippen LogP) is 3.32. The lowest BCUT2D eigenvalue weighted by atomic mass is 10.0. The fourth-order valence-electron chi connectivity index (χ4n) is 1.74. The molecule has 88 valence electrons. The van der Waals surface area contributed by atoms with Gasteiger partial charge in [-0.25, -0.2) is 0 Å². The van der Waals surface area contributed by atoms with E-state index in [0.717, 1.165) is 21.7 Å². The molecule has 0 spiro atoms. The maximum Gasteiger partial charge on any atom is 0.0830 e. The second-order valence-corrected chi connectivity index (χ2v) is 4.49. The van der Waals surface area contributed by atoms with Crippen LogP contribution in [-0.4, -0.2) is 10.1 Å². The van der Waals surface area contributed by atoms with E-state index in [0.29, 0.717) is 6.42 Å². The topological polar surface area (TPSA) is 33.1 Å². The Morgan fingerprint density at radius 2 is 1.94 bits per heavy atom. The first-order valence-electron chi connectivity index (χ1n) is 5.50. The molecule has 1 aromatic heterocycles. The van der Waals surface area contributed by atoms with Gasteiger partial charge in [0.25, 0.3) is 0 Å². The number of aliphatic hydroxyl groups is 1. The molecule has 1 aromatic carbocycles. The summed E-state index contributed by atoms with van der Waals surface area (Å²) in [6.07, 6.45) is 3.54. The van der Waals surface area contributed by atoms with Crippen LogP contribution >= 0.6 is 11.6 Å². The van der Waals surface area contributed by atoms with E-state index in [1.807, 2.05) is 37.3 Å². The molecule has 2 aromatic rings. The van der Waals surface area contributed by atoms with Crippen LogP contribution in [0.2, 0.25) is 5.02 Å². The van der Waals surface area contributed by atoms with Crippen molar-refractivity contribution in [2.45, 2.75) is 19.4 Å². The van der Waals surface area contributed by atoms with E-state index < -0.39 is 6.10 Å². The summed E-state index contributed by atoms with van der Waals surface area (Å²) < 4.78 is 0. The number of aliphatic hydroxyl groups excluding tert-OH is 1. The Morgan fingerprint density at radius 1 is 1.24 bits per heavy atom. The third-order valence-electron chi connectivity index (χ3n) is 2.75. The molecule has 1 atom stereocenters. The van der Waals surface area contributed by atoms with E-state index >= 15 is 0 Å². The SMILES string of the molecule is Cc1cc(C(O)Cc2ccncc2)ccc1Cl. The van der Waals surface area contributed by atoms with Crippen LogP contribution in [0.5, 0.6) is 0 Å². The number of aromatic nitrogens is 1. The zero-order valence-electron chi connectivity index (χ0n) is 9.60. The first-order chi connectivity index (χ1) is 8.16. The molecule has 0 amide bonds. The van der Waals surface area contributed by atoms with Gasteiger partial charge in [0.05, 0.1) is 6.10 Å². The zero-order chi connectivity index (χ0) is 12.3. The van der Waals surface area contributed by atoms with Crippen molar-refractivity contribution in [3.63, 3.8) is 0 Å². The van der Waals surface area contributed by atoms with Crippen molar-refractivity contribution < 1.29 is 5.11 Å². The third-order valence-corrected chi connectivity index (χ3v) is 3.17. The Bertz CT molecular complexity index is 499. The van der Waals surface area contributed by atoms with Gasteiger partial charge in [0.15, 0.2) is 0 Å². The van der Waals surface area contributed by atoms with Crippen LogP contribution in [0.25, 0.3) is 0 Å². The monoisotopic (exact) mass is 247 g/mol. The van der Waals surface area contributed by atoms with Gasteiger partial charge < -0.3 is 5.11 Å². The number of benzene rings is 1. The molecule has 0 saturated heterocycles. The smallest absolute Gasteiger partial charge is 0.0830 e. The average molecular weight is 248 g/mol. The van der Waals surface area contributed by atoms with E-state index in [9.17, 15) is 5.11 Å². The second-order valence-electron chi connectivity index (χ2n) is 4.08. The van der Waals surface area contributed by atoms with E-state index in [2.05, 4.69) is 4.98 Å². The Labute approximate surface area is 106 Å². The van der Waals surface area contributed by atoms with E-state index in [4.69, 9.17) is 11.6 Å². The van der Waals surface area contributed by atoms with Gasteiger partial charge in [0, 0.05) is 23.8 Å². The second kappa shape index (κ2) is 5.30. The molecule has 0 saturated carbocycles. The molecular formula is C14H14ClNO. The number of hydrogen-bond donors (Lipinski definition) is 1. The van der Waals surface area contributed by atoms with Crippen molar-refractivity contribution >= 4 is 11.6 Å². The van der Waals surface area contributed by atoms with Gasteiger partial charge in [-0.15, -0.1) is 0 Å². The summed E-state index contributed by atoms with van der Waals surface area (Å²) in [6.45, 7) is 1.94. The maximum absolute atomic E-state index is 10.1. The Balaban J connectivity index is 2.14. The predicted molar refractivity (Wildman–Crippen MR) is 69.1 cm³/mol. The molecule has 0 aliphatic rings. The zero-order valence-corrected chi connectivity index (χ0v) is 10.4. The van der Waals surface area contributed by atoms with Crippen LogP contribution in [0, 0.1) is 6.92 Å². The quantitative estimate of drug-likeness (QED) is 0.903. The van der Waals surface area contributed by atoms with Crippen LogP contribution in [0.3, 0.4) is 0 Å². The van der Waals surface area contributed by atoms with Crippen LogP contribution in [0.1, 0.15) is 22.8 Å². The molecule has 2 rings (SSSR count). The van der Waals surface area contributed by atoms with Gasteiger partial charge in [-0.05, 0) is 41.8 Å². The Hall–Kier alpha value is -1.38. The average Bonchev–Trinajstić information content (AvgIpc) is 2.34. The third kappa shape index (κ3) is 3.05. The molecular weight excluding hydrogens is 234 g/mol. The van der Waals surface area contributed by atoms with E-state index in [1.165, 1.54) is 0 Å². The highest BCUT2D eigenvalue weighted by Gasteiger charge is 2.09. The lowest BCUT2D eigenvalue weighted by molar-refractivity contribution is 0.178. The highest BCUT2D eigenvalue weighted by atomic mass is 35.5. The minimum absolute atomic E-state index is 0.506. The highest BCUT2D eigenvalue weighted by molar-refractivity contribution is 6.31. The summed E-state index contributed by atoms with van der Waals surface area (Å²) in [5, 5.41) is 10.9. The summed E-state index contributed by atoms with van der Waals surface area (Å²) >= 11 is 5.96. The lowest BCUT2D eigenvalue weighted by Gasteiger charge is -2.12. The molecule has 0 bridgehead atoms. The van der Waals surface area contributed by atoms with Crippen molar-refractivity contribution in [3.05, 3.63) is 64.4 Å². The number of rotatable bonds is 3. The molecule has 3 heteroatoms. The van der Waals surface area contributed by atoms with Crippen LogP contribution in [-0.2, 0) is 6.42 Å². The summed E-state index contributed by atoms with van der Waals surface area (Å²) in [4.78, 5) is 3.95. The molecule has 0 fully saturated rings. The largest absolute Gasteiger partial charge is 0.388 e. The van der Waals surface area contributed by atoms with E-state index in [-0.39, 0.29) is 0 Å². The van der Waals surface area contributed by atoms with Crippen molar-refractivity contribution in [1.29, 1.82) is 0 Å². The van der Waals surface area contributed by atoms with Crippen LogP contribution in [0.4, 0.5) is 0 Å². The molecule has 0 radical (unpaired) electrons. The first-order valence-corrected chi connectivity index (χ1v) is 5.87. The first kappa shape index (κ1) is 12.1. The standard InChI is InChI=1S/C14H14ClNO/c1-10-8-12(2-3-13(10)15)14(17)9-11-4-6-16-7-5-11/h2-8,14,17H,9H2,1H3. The van der Waals surface area contributed by atoms with E-state index in [1.54, 1.807) is 12.4 Å². The number of hydrogen-bond acceptors (Lipinski definition) is 2. The van der Waals surface area contributed by atoms with Crippen LogP contribution < -0.4 is 0 Å². The fraction of sp³-hybridized carbons (Fsp3) is 0.214. The number of aryl methyl sites for hydroxylation is 1. The summed E-state index contributed by atoms with van der Waals surface area (Å²) in [6, 6.07) is 9.43. The highest BCUT2D eigenvalue weighted by Crippen LogP contribution is 2.23. The molecule has 17 heavy (non-hydrogen) atoms. The normalized spacial score (nSPS) is 12.4. The Kier molecular flexibility index (Phi) is 3.77. The van der Waals surface area contributed by atoms with Gasteiger partial charge in [-0.3, -0.25) is 4.98 Å². The van der Waals surface area contributed by atoms with Crippen molar-refractivity contribution in [1.82, 2.24) is 4.98 Å². The number of nitrogens with zero attached hydrogens (tertiary/aromatic N) is 1. The van der Waals surface area contributed by atoms with Gasteiger partial charge >= 0.3 is 0 Å². The molecule has 1 N–H and O–H groups in total. The molecule has 1 unspecified atom stereocenters. The molecule has 1 heterocycles. The lowest BCUT2D eigenvalue weighted by Crippen LogP contribution is -2.02. The minimum Gasteiger partial charge on any atom is -0.388 e. The molecule has 2 nitrogen and oxygen atoms in total. The van der Waals surface area contributed by atoms with Gasteiger partial charge in [-0.2, -0.15) is 0 Å². The summed E-state index contributed by atoms with van der Waals surface area (Å²) in [5.74, 6) is 0. The summed E-state index contributed by atoms with van der Waals surface area (Å²) in [7, 11) is 0. The number of halogens is 1. The number of pyridine rings is 1. The fourth-order valence-corrected chi connectivity index (χ4v) is 1.85. The van der Waals surface area contributed by atoms with Crippen molar-refractivity contribution in [2.75, 3.05) is 0 Å². The minimum atomic E-state index is -0.506. The van der Waals surface area contributed by atoms with Crippen LogP contribution in [0.15, 0.2) is 42.7 Å². The maximum atomic E-state index is 10.1. The summed E-state index contributed by atoms with van der Waals surface area (Å²) in [5.41, 5.74) is 2.95.